The first-order chi connectivity index (χ1) is 13.9. The molecule has 2 aromatic rings. The van der Waals surface area contributed by atoms with Gasteiger partial charge in [0.15, 0.2) is 17.3 Å². The third-order valence-electron chi connectivity index (χ3n) is 4.54. The number of hydrogen-bond donors (Lipinski definition) is 0. The number of ether oxygens (including phenoxy) is 2. The molecule has 0 N–H and O–H groups in total. The topological polar surface area (TPSA) is 68.2 Å². The molecule has 0 saturated heterocycles. The van der Waals surface area contributed by atoms with Gasteiger partial charge in [-0.2, -0.15) is 10.1 Å². The summed E-state index contributed by atoms with van der Waals surface area (Å²) in [4.78, 5) is 24.4. The summed E-state index contributed by atoms with van der Waals surface area (Å²) in [7, 11) is 1.59. The van der Waals surface area contributed by atoms with Crippen molar-refractivity contribution >= 4 is 29.2 Å². The second-order valence-corrected chi connectivity index (χ2v) is 6.72. The molecule has 1 heterocycles. The molecule has 0 radical (unpaired) electrons. The lowest BCUT2D eigenvalue weighted by Crippen LogP contribution is -2.21. The SMILES string of the molecule is CCCOc1ccc(/C=C2\C(=O)N(c3ccc(C(C)=O)cc3)N=C2C)cc1OC. The van der Waals surface area contributed by atoms with E-state index in [1.807, 2.05) is 25.1 Å². The Morgan fingerprint density at radius 1 is 1.14 bits per heavy atom. The van der Waals surface area contributed by atoms with Crippen molar-refractivity contribution in [1.29, 1.82) is 0 Å². The van der Waals surface area contributed by atoms with Gasteiger partial charge in [-0.25, -0.2) is 0 Å². The van der Waals surface area contributed by atoms with Crippen molar-refractivity contribution in [2.45, 2.75) is 27.2 Å². The van der Waals surface area contributed by atoms with E-state index in [-0.39, 0.29) is 11.7 Å². The van der Waals surface area contributed by atoms with Gasteiger partial charge in [0.25, 0.3) is 5.91 Å². The van der Waals surface area contributed by atoms with Crippen LogP contribution >= 0.6 is 0 Å². The van der Waals surface area contributed by atoms with Gasteiger partial charge in [0.05, 0.1) is 30.7 Å². The number of benzene rings is 2. The number of ketones is 1. The number of hydrogen-bond acceptors (Lipinski definition) is 5. The zero-order chi connectivity index (χ0) is 21.0. The number of methoxy groups -OCH3 is 1. The normalized spacial score (nSPS) is 14.9. The van der Waals surface area contributed by atoms with Crippen molar-refractivity contribution in [2.75, 3.05) is 18.7 Å². The molecule has 150 valence electrons. The number of nitrogens with zero attached hydrogens (tertiary/aromatic N) is 2. The monoisotopic (exact) mass is 392 g/mol. The highest BCUT2D eigenvalue weighted by molar-refractivity contribution is 6.32. The first kappa shape index (κ1) is 20.3. The average Bonchev–Trinajstić information content (AvgIpc) is 3.01. The van der Waals surface area contributed by atoms with E-state index in [0.29, 0.717) is 40.6 Å². The van der Waals surface area contributed by atoms with Gasteiger partial charge < -0.3 is 9.47 Å². The van der Waals surface area contributed by atoms with Crippen LogP contribution in [0.25, 0.3) is 6.08 Å². The first-order valence-corrected chi connectivity index (χ1v) is 9.48. The maximum atomic E-state index is 12.9. The quantitative estimate of drug-likeness (QED) is 0.514. The molecule has 0 saturated carbocycles. The number of amides is 1. The van der Waals surface area contributed by atoms with Crippen LogP contribution in [-0.2, 0) is 4.79 Å². The fourth-order valence-electron chi connectivity index (χ4n) is 2.97. The standard InChI is InChI=1S/C23H24N2O4/c1-5-12-29-21-11-6-17(14-22(21)28-4)13-20-15(2)24-25(23(20)27)19-9-7-18(8-10-19)16(3)26/h6-11,13-14H,5,12H2,1-4H3/b20-13-. The minimum atomic E-state index is -0.219. The number of carbonyl (C=O) groups excluding carboxylic acids is 2. The molecule has 1 aliphatic rings. The van der Waals surface area contributed by atoms with Gasteiger partial charge in [0.1, 0.15) is 0 Å². The number of hydrazone groups is 1. The van der Waals surface area contributed by atoms with Crippen LogP contribution < -0.4 is 14.5 Å². The highest BCUT2D eigenvalue weighted by Gasteiger charge is 2.28. The molecule has 29 heavy (non-hydrogen) atoms. The van der Waals surface area contributed by atoms with Crippen LogP contribution in [0.4, 0.5) is 5.69 Å². The van der Waals surface area contributed by atoms with E-state index in [1.165, 1.54) is 11.9 Å². The lowest BCUT2D eigenvalue weighted by molar-refractivity contribution is -0.114. The van der Waals surface area contributed by atoms with E-state index >= 15 is 0 Å². The zero-order valence-corrected chi connectivity index (χ0v) is 17.1. The maximum Gasteiger partial charge on any atom is 0.280 e. The number of Topliss-reactive ketones (excluding diaryl/α,β-unsaturated/α-hetero) is 1. The number of carbonyl (C=O) groups is 2. The molecule has 1 amide bonds. The Kier molecular flexibility index (Phi) is 6.12. The Hall–Kier alpha value is -3.41. The molecule has 1 aliphatic heterocycles. The van der Waals surface area contributed by atoms with Crippen molar-refractivity contribution in [1.82, 2.24) is 0 Å². The van der Waals surface area contributed by atoms with Crippen molar-refractivity contribution in [2.24, 2.45) is 5.10 Å². The van der Waals surface area contributed by atoms with Gasteiger partial charge in [-0.1, -0.05) is 13.0 Å². The molecule has 0 aliphatic carbocycles. The summed E-state index contributed by atoms with van der Waals surface area (Å²) in [6.45, 7) is 5.95. The van der Waals surface area contributed by atoms with E-state index in [1.54, 1.807) is 44.4 Å². The molecule has 6 nitrogen and oxygen atoms in total. The largest absolute Gasteiger partial charge is 0.493 e. The Bertz CT molecular complexity index is 990. The van der Waals surface area contributed by atoms with Crippen molar-refractivity contribution in [3.63, 3.8) is 0 Å². The molecule has 0 fully saturated rings. The van der Waals surface area contributed by atoms with Crippen LogP contribution in [-0.4, -0.2) is 31.1 Å². The lowest BCUT2D eigenvalue weighted by atomic mass is 10.1. The fourth-order valence-corrected chi connectivity index (χ4v) is 2.97. The molecule has 0 aromatic heterocycles. The fraction of sp³-hybridized carbons (Fsp3) is 0.261. The minimum absolute atomic E-state index is 0.0233. The summed E-state index contributed by atoms with van der Waals surface area (Å²) < 4.78 is 11.1. The molecule has 0 spiro atoms. The summed E-state index contributed by atoms with van der Waals surface area (Å²) in [5.74, 6) is 1.05. The Balaban J connectivity index is 1.86. The van der Waals surface area contributed by atoms with Crippen molar-refractivity contribution in [3.05, 3.63) is 59.2 Å². The van der Waals surface area contributed by atoms with Crippen LogP contribution in [0.15, 0.2) is 53.1 Å². The van der Waals surface area contributed by atoms with E-state index in [0.717, 1.165) is 12.0 Å². The van der Waals surface area contributed by atoms with E-state index in [4.69, 9.17) is 9.47 Å². The van der Waals surface area contributed by atoms with Gasteiger partial charge in [0.2, 0.25) is 0 Å². The Labute approximate surface area is 170 Å². The molecule has 3 rings (SSSR count). The van der Waals surface area contributed by atoms with Crippen molar-refractivity contribution < 1.29 is 19.1 Å². The predicted octanol–water partition coefficient (Wildman–Crippen LogP) is 4.49. The highest BCUT2D eigenvalue weighted by atomic mass is 16.5. The van der Waals surface area contributed by atoms with E-state index < -0.39 is 0 Å². The molecule has 6 heteroatoms. The Morgan fingerprint density at radius 2 is 1.86 bits per heavy atom. The second kappa shape index (κ2) is 8.73. The molecule has 2 aromatic carbocycles. The first-order valence-electron chi connectivity index (χ1n) is 9.48. The third kappa shape index (κ3) is 4.37. The van der Waals surface area contributed by atoms with E-state index in [9.17, 15) is 9.59 Å². The second-order valence-electron chi connectivity index (χ2n) is 6.72. The summed E-state index contributed by atoms with van der Waals surface area (Å²) in [5, 5.41) is 5.73. The van der Waals surface area contributed by atoms with Gasteiger partial charge >= 0.3 is 0 Å². The van der Waals surface area contributed by atoms with Gasteiger partial charge in [-0.15, -0.1) is 0 Å². The average molecular weight is 392 g/mol. The number of rotatable bonds is 7. The van der Waals surface area contributed by atoms with Crippen LogP contribution in [0.5, 0.6) is 11.5 Å². The van der Waals surface area contributed by atoms with Crippen LogP contribution in [0.3, 0.4) is 0 Å². The molecular weight excluding hydrogens is 368 g/mol. The summed E-state index contributed by atoms with van der Waals surface area (Å²) in [6.07, 6.45) is 2.69. The van der Waals surface area contributed by atoms with Crippen LogP contribution in [0, 0.1) is 0 Å². The third-order valence-corrected chi connectivity index (χ3v) is 4.54. The van der Waals surface area contributed by atoms with Crippen LogP contribution in [0.1, 0.15) is 43.1 Å². The zero-order valence-electron chi connectivity index (χ0n) is 17.1. The van der Waals surface area contributed by atoms with Crippen molar-refractivity contribution in [3.8, 4) is 11.5 Å². The summed E-state index contributed by atoms with van der Waals surface area (Å²) >= 11 is 0. The maximum absolute atomic E-state index is 12.9. The number of anilines is 1. The van der Waals surface area contributed by atoms with Gasteiger partial charge in [-0.3, -0.25) is 9.59 Å². The summed E-state index contributed by atoms with van der Waals surface area (Å²) in [6, 6.07) is 12.4. The minimum Gasteiger partial charge on any atom is -0.493 e. The summed E-state index contributed by atoms with van der Waals surface area (Å²) in [5.41, 5.74) is 3.15. The predicted molar refractivity (Wildman–Crippen MR) is 114 cm³/mol. The smallest absolute Gasteiger partial charge is 0.280 e. The van der Waals surface area contributed by atoms with Crippen LogP contribution in [0.2, 0.25) is 0 Å². The Morgan fingerprint density at radius 3 is 2.48 bits per heavy atom. The molecule has 0 bridgehead atoms. The molecule has 0 unspecified atom stereocenters. The highest BCUT2D eigenvalue weighted by Crippen LogP contribution is 2.30. The lowest BCUT2D eigenvalue weighted by Gasteiger charge is -2.12. The molecule has 0 atom stereocenters. The van der Waals surface area contributed by atoms with E-state index in [2.05, 4.69) is 5.10 Å². The van der Waals surface area contributed by atoms with Gasteiger partial charge in [0, 0.05) is 5.56 Å². The molecular formula is C23H24N2O4. The van der Waals surface area contributed by atoms with Gasteiger partial charge in [-0.05, 0) is 68.3 Å².